The van der Waals surface area contributed by atoms with E-state index in [-0.39, 0.29) is 5.75 Å². The molecule has 0 saturated carbocycles. The summed E-state index contributed by atoms with van der Waals surface area (Å²) in [6.45, 7) is 3.79. The van der Waals surface area contributed by atoms with E-state index in [1.54, 1.807) is 10.9 Å². The molecule has 0 aliphatic heterocycles. The Bertz CT molecular complexity index is 513. The summed E-state index contributed by atoms with van der Waals surface area (Å²) >= 11 is 0. The number of benzene rings is 1. The fourth-order valence-electron chi connectivity index (χ4n) is 1.61. The number of hydrogen-bond donors (Lipinski definition) is 0. The van der Waals surface area contributed by atoms with E-state index in [0.717, 1.165) is 11.1 Å². The lowest BCUT2D eigenvalue weighted by molar-refractivity contribution is -0.269. The topological polar surface area (TPSA) is 40.4 Å². The monoisotopic (exact) mass is 213 g/mol. The molecule has 0 atom stereocenters. The van der Waals surface area contributed by atoms with E-state index in [9.17, 15) is 5.11 Å². The smallest absolute Gasteiger partial charge is 0.0545 e. The molecule has 1 aromatic carbocycles. The van der Waals surface area contributed by atoms with E-state index in [4.69, 9.17) is 0 Å². The molecule has 3 nitrogen and oxygen atoms in total. The third-order valence-corrected chi connectivity index (χ3v) is 2.37. The molecule has 0 amide bonds. The van der Waals surface area contributed by atoms with Gasteiger partial charge < -0.3 is 5.11 Å². The molecule has 0 saturated heterocycles. The van der Waals surface area contributed by atoms with Crippen LogP contribution < -0.4 is 5.11 Å². The average molecular weight is 213 g/mol. The van der Waals surface area contributed by atoms with Crippen LogP contribution in [-0.4, -0.2) is 10.9 Å². The Morgan fingerprint density at radius 2 is 1.88 bits per heavy atom. The van der Waals surface area contributed by atoms with Crippen LogP contribution in [0.2, 0.25) is 0 Å². The number of aromatic nitrogens is 1. The highest BCUT2D eigenvalue weighted by atomic mass is 16.3. The first-order valence-electron chi connectivity index (χ1n) is 5.12. The molecule has 0 unspecified atom stereocenters. The Balaban J connectivity index is 2.34. The fraction of sp³-hybridized carbons (Fsp3) is 0.154. The van der Waals surface area contributed by atoms with Crippen molar-refractivity contribution in [1.29, 1.82) is 0 Å². The van der Waals surface area contributed by atoms with Crippen LogP contribution in [0.4, 0.5) is 0 Å². The van der Waals surface area contributed by atoms with E-state index in [1.807, 2.05) is 50.5 Å². The maximum atomic E-state index is 11.8. The van der Waals surface area contributed by atoms with Crippen molar-refractivity contribution < 1.29 is 5.11 Å². The lowest BCUT2D eigenvalue weighted by Crippen LogP contribution is -2.00. The van der Waals surface area contributed by atoms with E-state index >= 15 is 0 Å². The largest absolute Gasteiger partial charge is 0.872 e. The van der Waals surface area contributed by atoms with Crippen molar-refractivity contribution in [3.05, 3.63) is 53.3 Å². The van der Waals surface area contributed by atoms with Crippen LogP contribution in [-0.2, 0) is 0 Å². The van der Waals surface area contributed by atoms with Crippen LogP contribution >= 0.6 is 0 Å². The number of hydrogen-bond acceptors (Lipinski definition) is 2. The maximum Gasteiger partial charge on any atom is 0.0545 e. The first kappa shape index (κ1) is 10.5. The third-order valence-electron chi connectivity index (χ3n) is 2.37. The Hall–Kier alpha value is -2.03. The summed E-state index contributed by atoms with van der Waals surface area (Å²) in [5.74, 6) is 0.0431. The molecule has 1 heterocycles. The average Bonchev–Trinajstić information content (AvgIpc) is 2.74. The first-order chi connectivity index (χ1) is 7.66. The molecule has 0 aliphatic carbocycles. The predicted molar refractivity (Wildman–Crippen MR) is 62.8 cm³/mol. The van der Waals surface area contributed by atoms with Crippen LogP contribution in [0.15, 0.2) is 41.8 Å². The van der Waals surface area contributed by atoms with E-state index in [1.165, 1.54) is 0 Å². The Morgan fingerprint density at radius 3 is 2.56 bits per heavy atom. The highest BCUT2D eigenvalue weighted by Crippen LogP contribution is 2.19. The van der Waals surface area contributed by atoms with E-state index in [2.05, 4.69) is 5.10 Å². The molecule has 0 spiro atoms. The van der Waals surface area contributed by atoms with E-state index < -0.39 is 0 Å². The zero-order chi connectivity index (χ0) is 11.5. The zero-order valence-corrected chi connectivity index (χ0v) is 9.34. The molecule has 0 N–H and O–H groups in total. The first-order valence-corrected chi connectivity index (χ1v) is 5.12. The predicted octanol–water partition coefficient (Wildman–Crippen LogP) is 2.06. The van der Waals surface area contributed by atoms with Crippen LogP contribution in [0.3, 0.4) is 0 Å². The Kier molecular flexibility index (Phi) is 2.77. The van der Waals surface area contributed by atoms with Gasteiger partial charge in [0.1, 0.15) is 0 Å². The molecule has 2 aromatic rings. The molecule has 2 rings (SSSR count). The molecule has 0 radical (unpaired) electrons. The van der Waals surface area contributed by atoms with Crippen molar-refractivity contribution in [3.63, 3.8) is 0 Å². The highest BCUT2D eigenvalue weighted by Gasteiger charge is 1.96. The Morgan fingerprint density at radius 1 is 1.19 bits per heavy atom. The summed E-state index contributed by atoms with van der Waals surface area (Å²) in [6.07, 6.45) is 5.25. The summed E-state index contributed by atoms with van der Waals surface area (Å²) in [5, 5.41) is 16.0. The number of nitrogens with zero attached hydrogens (tertiary/aromatic N) is 2. The van der Waals surface area contributed by atoms with Crippen LogP contribution in [0.25, 0.3) is 0 Å². The van der Waals surface area contributed by atoms with Gasteiger partial charge in [0.2, 0.25) is 0 Å². The minimum absolute atomic E-state index is 0.0431. The molecular formula is C13H13N2O-. The molecule has 3 heteroatoms. The second kappa shape index (κ2) is 4.23. The van der Waals surface area contributed by atoms with Crippen molar-refractivity contribution in [2.75, 3.05) is 0 Å². The van der Waals surface area contributed by atoms with Gasteiger partial charge in [0.05, 0.1) is 6.21 Å². The van der Waals surface area contributed by atoms with Gasteiger partial charge in [0.15, 0.2) is 0 Å². The van der Waals surface area contributed by atoms with Gasteiger partial charge >= 0.3 is 0 Å². The van der Waals surface area contributed by atoms with Gasteiger partial charge in [0.25, 0.3) is 0 Å². The summed E-state index contributed by atoms with van der Waals surface area (Å²) in [6, 6.07) is 7.51. The second-order valence-electron chi connectivity index (χ2n) is 3.81. The molecule has 0 aliphatic rings. The van der Waals surface area contributed by atoms with Crippen LogP contribution in [0.1, 0.15) is 16.7 Å². The summed E-state index contributed by atoms with van der Waals surface area (Å²) in [7, 11) is 0. The van der Waals surface area contributed by atoms with Crippen molar-refractivity contribution in [2.24, 2.45) is 5.10 Å². The zero-order valence-electron chi connectivity index (χ0n) is 9.34. The molecular weight excluding hydrogens is 200 g/mol. The molecule has 82 valence electrons. The van der Waals surface area contributed by atoms with Crippen molar-refractivity contribution >= 4 is 6.21 Å². The maximum absolute atomic E-state index is 11.8. The van der Waals surface area contributed by atoms with Gasteiger partial charge in [-0.3, -0.25) is 0 Å². The second-order valence-corrected chi connectivity index (χ2v) is 3.81. The normalized spacial score (nSPS) is 11.1. The number of aryl methyl sites for hydroxylation is 2. The lowest BCUT2D eigenvalue weighted by atomic mass is 10.1. The van der Waals surface area contributed by atoms with Gasteiger partial charge in [-0.25, -0.2) is 4.68 Å². The van der Waals surface area contributed by atoms with Crippen molar-refractivity contribution in [1.82, 2.24) is 4.68 Å². The quantitative estimate of drug-likeness (QED) is 0.704. The minimum atomic E-state index is 0.0431. The van der Waals surface area contributed by atoms with Gasteiger partial charge in [-0.05, 0) is 31.5 Å². The number of rotatable bonds is 2. The summed E-state index contributed by atoms with van der Waals surface area (Å²) in [5.41, 5.74) is 2.46. The van der Waals surface area contributed by atoms with E-state index in [0.29, 0.717) is 5.56 Å². The molecule has 1 aromatic heterocycles. The van der Waals surface area contributed by atoms with Crippen molar-refractivity contribution in [3.8, 4) is 5.75 Å². The summed E-state index contributed by atoms with van der Waals surface area (Å²) < 4.78 is 1.66. The molecule has 0 bridgehead atoms. The van der Waals surface area contributed by atoms with Gasteiger partial charge in [-0.15, -0.1) is 0 Å². The van der Waals surface area contributed by atoms with Gasteiger partial charge in [0, 0.05) is 12.4 Å². The minimum Gasteiger partial charge on any atom is -0.872 e. The fourth-order valence-corrected chi connectivity index (χ4v) is 1.61. The summed E-state index contributed by atoms with van der Waals surface area (Å²) in [4.78, 5) is 0. The molecule has 16 heavy (non-hydrogen) atoms. The lowest BCUT2D eigenvalue weighted by Gasteiger charge is -2.14. The Labute approximate surface area is 94.7 Å². The highest BCUT2D eigenvalue weighted by molar-refractivity contribution is 5.84. The van der Waals surface area contributed by atoms with Crippen LogP contribution in [0, 0.1) is 13.8 Å². The van der Waals surface area contributed by atoms with Crippen molar-refractivity contribution in [2.45, 2.75) is 13.8 Å². The van der Waals surface area contributed by atoms with Gasteiger partial charge in [-0.2, -0.15) is 5.10 Å². The van der Waals surface area contributed by atoms with Crippen LogP contribution in [0.5, 0.6) is 5.75 Å². The van der Waals surface area contributed by atoms with Gasteiger partial charge in [-0.1, -0.05) is 29.0 Å². The SMILES string of the molecule is Cc1cc(C)c([O-])c(/C=N\n2cccc2)c1. The molecule has 0 fully saturated rings. The standard InChI is InChI=1S/C13H14N2O/c1-10-7-11(2)13(16)12(8-10)9-14-15-5-3-4-6-15/h3-9,16H,1-2H3/p-1/b14-9-. The third kappa shape index (κ3) is 2.14.